The number of hydrogen-bond acceptors (Lipinski definition) is 4. The first-order valence-corrected chi connectivity index (χ1v) is 4.97. The zero-order valence-electron chi connectivity index (χ0n) is 8.91. The molecule has 0 heterocycles. The van der Waals surface area contributed by atoms with Crippen molar-refractivity contribution in [1.82, 2.24) is 0 Å². The highest BCUT2D eigenvalue weighted by Crippen LogP contribution is 2.28. The number of hydrogen-bond donors (Lipinski definition) is 0. The molecule has 0 aliphatic carbocycles. The van der Waals surface area contributed by atoms with Crippen LogP contribution in [0.5, 0.6) is 5.75 Å². The summed E-state index contributed by atoms with van der Waals surface area (Å²) in [6.45, 7) is 1.90. The van der Waals surface area contributed by atoms with Crippen molar-refractivity contribution >= 4 is 17.6 Å². The van der Waals surface area contributed by atoms with Crippen molar-refractivity contribution in [3.8, 4) is 11.8 Å². The molecule has 84 valence electrons. The summed E-state index contributed by atoms with van der Waals surface area (Å²) in [5.41, 5.74) is 0.138. The van der Waals surface area contributed by atoms with Crippen LogP contribution in [0.15, 0.2) is 12.1 Å². The number of carbonyl (C=O) groups excluding carboxylic acids is 1. The first kappa shape index (κ1) is 12.3. The summed E-state index contributed by atoms with van der Waals surface area (Å²) in [4.78, 5) is 11.6. The van der Waals surface area contributed by atoms with Crippen LogP contribution in [0.3, 0.4) is 0 Å². The Hall–Kier alpha value is -1.73. The summed E-state index contributed by atoms with van der Waals surface area (Å²) in [5.74, 6) is -0.335. The lowest BCUT2D eigenvalue weighted by Gasteiger charge is -2.10. The Bertz CT molecular complexity index is 451. The van der Waals surface area contributed by atoms with Gasteiger partial charge in [0.25, 0.3) is 0 Å². The second-order valence-corrected chi connectivity index (χ2v) is 3.24. The summed E-state index contributed by atoms with van der Waals surface area (Å²) in [5, 5.41) is 9.14. The van der Waals surface area contributed by atoms with Crippen molar-refractivity contribution in [1.29, 1.82) is 5.26 Å². The topological polar surface area (TPSA) is 59.3 Å². The van der Waals surface area contributed by atoms with E-state index in [1.54, 1.807) is 6.92 Å². The van der Waals surface area contributed by atoms with Crippen LogP contribution in [-0.4, -0.2) is 19.7 Å². The van der Waals surface area contributed by atoms with Crippen molar-refractivity contribution in [3.05, 3.63) is 28.3 Å². The van der Waals surface area contributed by atoms with Gasteiger partial charge in [0, 0.05) is 0 Å². The molecule has 0 atom stereocenters. The summed E-state index contributed by atoms with van der Waals surface area (Å²) in [7, 11) is 1.41. The van der Waals surface area contributed by atoms with E-state index in [4.69, 9.17) is 26.3 Å². The molecule has 0 aliphatic rings. The lowest BCUT2D eigenvalue weighted by molar-refractivity contribution is 0.0522. The maximum Gasteiger partial charge on any atom is 0.343 e. The van der Waals surface area contributed by atoms with Crippen LogP contribution in [0.25, 0.3) is 0 Å². The zero-order chi connectivity index (χ0) is 12.1. The summed E-state index contributed by atoms with van der Waals surface area (Å²) in [6.07, 6.45) is 0. The van der Waals surface area contributed by atoms with Crippen LogP contribution in [-0.2, 0) is 4.74 Å². The Morgan fingerprint density at radius 3 is 2.75 bits per heavy atom. The molecule has 0 spiro atoms. The molecule has 0 aliphatic heterocycles. The molecule has 4 nitrogen and oxygen atoms in total. The predicted octanol–water partition coefficient (Wildman–Crippen LogP) is 2.40. The predicted molar refractivity (Wildman–Crippen MR) is 58.7 cm³/mol. The van der Waals surface area contributed by atoms with Crippen molar-refractivity contribution < 1.29 is 14.3 Å². The van der Waals surface area contributed by atoms with E-state index in [0.717, 1.165) is 0 Å². The van der Waals surface area contributed by atoms with Crippen LogP contribution in [0.4, 0.5) is 0 Å². The van der Waals surface area contributed by atoms with Gasteiger partial charge >= 0.3 is 5.97 Å². The average Bonchev–Trinajstić information content (AvgIpc) is 2.28. The number of carbonyl (C=O) groups is 1. The molecule has 0 unspecified atom stereocenters. The zero-order valence-corrected chi connectivity index (χ0v) is 9.67. The van der Waals surface area contributed by atoms with Crippen LogP contribution >= 0.6 is 11.6 Å². The van der Waals surface area contributed by atoms with Gasteiger partial charge in [0.15, 0.2) is 0 Å². The fraction of sp³-hybridized carbons (Fsp3) is 0.273. The van der Waals surface area contributed by atoms with Gasteiger partial charge < -0.3 is 9.47 Å². The molecule has 5 heteroatoms. The van der Waals surface area contributed by atoms with E-state index in [9.17, 15) is 4.79 Å². The molecule has 0 amide bonds. The minimum atomic E-state index is -0.613. The highest BCUT2D eigenvalue weighted by atomic mass is 35.5. The van der Waals surface area contributed by atoms with E-state index in [1.165, 1.54) is 19.2 Å². The molecule has 0 aromatic heterocycles. The third kappa shape index (κ3) is 2.26. The van der Waals surface area contributed by atoms with E-state index in [1.807, 2.05) is 6.07 Å². The quantitative estimate of drug-likeness (QED) is 0.760. The first-order valence-electron chi connectivity index (χ1n) is 4.59. The van der Waals surface area contributed by atoms with E-state index in [2.05, 4.69) is 0 Å². The molecular weight excluding hydrogens is 230 g/mol. The molecule has 0 radical (unpaired) electrons. The number of esters is 1. The Kier molecular flexibility index (Phi) is 4.15. The number of benzene rings is 1. The molecule has 16 heavy (non-hydrogen) atoms. The van der Waals surface area contributed by atoms with Gasteiger partial charge in [-0.15, -0.1) is 0 Å². The molecular formula is C11H10ClNO3. The minimum Gasteiger partial charge on any atom is -0.496 e. The Morgan fingerprint density at radius 1 is 1.56 bits per heavy atom. The Balaban J connectivity index is 3.37. The van der Waals surface area contributed by atoms with Gasteiger partial charge in [-0.1, -0.05) is 11.6 Å². The normalized spacial score (nSPS) is 9.38. The van der Waals surface area contributed by atoms with Gasteiger partial charge in [-0.25, -0.2) is 4.79 Å². The van der Waals surface area contributed by atoms with Gasteiger partial charge in [-0.3, -0.25) is 0 Å². The van der Waals surface area contributed by atoms with Gasteiger partial charge in [-0.2, -0.15) is 5.26 Å². The number of nitriles is 1. The number of halogens is 1. The minimum absolute atomic E-state index is 0.0688. The molecule has 0 fully saturated rings. The summed E-state index contributed by atoms with van der Waals surface area (Å²) >= 11 is 5.82. The van der Waals surface area contributed by atoms with Gasteiger partial charge in [0.05, 0.1) is 24.3 Å². The Morgan fingerprint density at radius 2 is 2.25 bits per heavy atom. The van der Waals surface area contributed by atoms with E-state index >= 15 is 0 Å². The highest BCUT2D eigenvalue weighted by molar-refractivity contribution is 6.32. The molecule has 0 saturated heterocycles. The third-order valence-electron chi connectivity index (χ3n) is 1.93. The van der Waals surface area contributed by atoms with Gasteiger partial charge in [-0.05, 0) is 19.1 Å². The number of nitrogens with zero attached hydrogens (tertiary/aromatic N) is 1. The smallest absolute Gasteiger partial charge is 0.343 e. The second kappa shape index (κ2) is 5.38. The molecule has 0 N–H and O–H groups in total. The summed E-state index contributed by atoms with van der Waals surface area (Å²) < 4.78 is 9.84. The van der Waals surface area contributed by atoms with Crippen LogP contribution in [0.2, 0.25) is 5.02 Å². The Labute approximate surface area is 98.3 Å². The molecule has 1 aromatic carbocycles. The van der Waals surface area contributed by atoms with E-state index in [0.29, 0.717) is 0 Å². The molecule has 0 saturated carbocycles. The second-order valence-electron chi connectivity index (χ2n) is 2.83. The monoisotopic (exact) mass is 239 g/mol. The van der Waals surface area contributed by atoms with Crippen LogP contribution in [0, 0.1) is 11.3 Å². The SMILES string of the molecule is CCOC(=O)c1c(OC)ccc(Cl)c1C#N. The lowest BCUT2D eigenvalue weighted by Crippen LogP contribution is -2.09. The van der Waals surface area contributed by atoms with Crippen molar-refractivity contribution in [2.45, 2.75) is 6.92 Å². The molecule has 1 rings (SSSR count). The average molecular weight is 240 g/mol. The largest absolute Gasteiger partial charge is 0.496 e. The standard InChI is InChI=1S/C11H10ClNO3/c1-3-16-11(14)10-7(6-13)8(12)4-5-9(10)15-2/h4-5H,3H2,1-2H3. The highest BCUT2D eigenvalue weighted by Gasteiger charge is 2.20. The summed E-state index contributed by atoms with van der Waals surface area (Å²) in [6, 6.07) is 4.89. The van der Waals surface area contributed by atoms with Gasteiger partial charge in [0.1, 0.15) is 17.4 Å². The van der Waals surface area contributed by atoms with Crippen LogP contribution in [0.1, 0.15) is 22.8 Å². The molecule has 0 bridgehead atoms. The lowest BCUT2D eigenvalue weighted by atomic mass is 10.1. The maximum absolute atomic E-state index is 11.6. The van der Waals surface area contributed by atoms with Crippen LogP contribution < -0.4 is 4.74 Å². The fourth-order valence-electron chi connectivity index (χ4n) is 1.24. The van der Waals surface area contributed by atoms with E-state index in [-0.39, 0.29) is 28.5 Å². The van der Waals surface area contributed by atoms with E-state index < -0.39 is 5.97 Å². The fourth-order valence-corrected chi connectivity index (χ4v) is 1.44. The van der Waals surface area contributed by atoms with Crippen molar-refractivity contribution in [2.75, 3.05) is 13.7 Å². The maximum atomic E-state index is 11.6. The number of ether oxygens (including phenoxy) is 2. The van der Waals surface area contributed by atoms with Crippen molar-refractivity contribution in [3.63, 3.8) is 0 Å². The van der Waals surface area contributed by atoms with Crippen molar-refractivity contribution in [2.24, 2.45) is 0 Å². The number of rotatable bonds is 3. The van der Waals surface area contributed by atoms with Gasteiger partial charge in [0.2, 0.25) is 0 Å². The first-order chi connectivity index (χ1) is 7.65. The third-order valence-corrected chi connectivity index (χ3v) is 2.24. The molecule has 1 aromatic rings. The number of methoxy groups -OCH3 is 1.